The lowest BCUT2D eigenvalue weighted by Gasteiger charge is -2.11. The Labute approximate surface area is 87.7 Å². The zero-order valence-corrected chi connectivity index (χ0v) is 9.61. The molecule has 1 fully saturated rings. The molecule has 0 saturated heterocycles. The van der Waals surface area contributed by atoms with Crippen LogP contribution in [0.15, 0.2) is 16.6 Å². The second kappa shape index (κ2) is 3.33. The third kappa shape index (κ3) is 2.05. The molecule has 70 valence electrons. The molecule has 1 nitrogen and oxygen atoms in total. The predicted octanol–water partition coefficient (Wildman–Crippen LogP) is 3.64. The average Bonchev–Trinajstić information content (AvgIpc) is 2.79. The van der Waals surface area contributed by atoms with E-state index in [1.807, 2.05) is 0 Å². The second-order valence-electron chi connectivity index (χ2n) is 3.86. The van der Waals surface area contributed by atoms with E-state index in [1.165, 1.54) is 34.1 Å². The molecule has 1 saturated carbocycles. The lowest BCUT2D eigenvalue weighted by atomic mass is 10.1. The molecule has 0 aromatic heterocycles. The molecule has 2 heteroatoms. The van der Waals surface area contributed by atoms with Crippen LogP contribution in [0.1, 0.15) is 24.0 Å². The zero-order chi connectivity index (χ0) is 9.42. The summed E-state index contributed by atoms with van der Waals surface area (Å²) in [6.07, 6.45) is 2.64. The Bertz CT molecular complexity index is 306. The first-order valence-corrected chi connectivity index (χ1v) is 5.49. The summed E-state index contributed by atoms with van der Waals surface area (Å²) >= 11 is 3.59. The van der Waals surface area contributed by atoms with Crippen molar-refractivity contribution >= 4 is 21.6 Å². The molecule has 1 aliphatic rings. The highest BCUT2D eigenvalue weighted by atomic mass is 79.9. The van der Waals surface area contributed by atoms with Gasteiger partial charge in [-0.25, -0.2) is 0 Å². The lowest BCUT2D eigenvalue weighted by Crippen LogP contribution is -2.03. The van der Waals surface area contributed by atoms with Gasteiger partial charge in [0.2, 0.25) is 0 Å². The molecular formula is C11H14BrN. The van der Waals surface area contributed by atoms with Crippen LogP contribution in [0.5, 0.6) is 0 Å². The fraction of sp³-hybridized carbons (Fsp3) is 0.455. The number of rotatable bonds is 2. The zero-order valence-electron chi connectivity index (χ0n) is 8.02. The Balaban J connectivity index is 2.31. The third-order valence-corrected chi connectivity index (χ3v) is 2.98. The number of hydrogen-bond acceptors (Lipinski definition) is 1. The number of hydrogen-bond donors (Lipinski definition) is 1. The van der Waals surface area contributed by atoms with Crippen molar-refractivity contribution in [3.05, 3.63) is 27.7 Å². The van der Waals surface area contributed by atoms with E-state index in [0.29, 0.717) is 0 Å². The summed E-state index contributed by atoms with van der Waals surface area (Å²) < 4.78 is 1.19. The quantitative estimate of drug-likeness (QED) is 0.832. The van der Waals surface area contributed by atoms with Gasteiger partial charge in [0.1, 0.15) is 0 Å². The van der Waals surface area contributed by atoms with Crippen molar-refractivity contribution in [3.8, 4) is 0 Å². The van der Waals surface area contributed by atoms with Crippen LogP contribution in [0, 0.1) is 13.8 Å². The number of benzene rings is 1. The van der Waals surface area contributed by atoms with Gasteiger partial charge in [-0.3, -0.25) is 0 Å². The number of aryl methyl sites for hydroxylation is 2. The van der Waals surface area contributed by atoms with Gasteiger partial charge in [-0.05, 0) is 59.8 Å². The minimum absolute atomic E-state index is 0.720. The minimum Gasteiger partial charge on any atom is -0.381 e. The van der Waals surface area contributed by atoms with Crippen molar-refractivity contribution in [2.75, 3.05) is 5.32 Å². The lowest BCUT2D eigenvalue weighted by molar-refractivity contribution is 1.14. The molecule has 0 atom stereocenters. The maximum absolute atomic E-state index is 3.59. The van der Waals surface area contributed by atoms with Gasteiger partial charge in [0.25, 0.3) is 0 Å². The van der Waals surface area contributed by atoms with Crippen LogP contribution in [0.3, 0.4) is 0 Å². The van der Waals surface area contributed by atoms with E-state index >= 15 is 0 Å². The number of halogens is 1. The monoisotopic (exact) mass is 239 g/mol. The Morgan fingerprint density at radius 1 is 1.31 bits per heavy atom. The van der Waals surface area contributed by atoms with Crippen molar-refractivity contribution in [2.24, 2.45) is 0 Å². The molecule has 1 aromatic carbocycles. The maximum atomic E-state index is 3.59. The molecule has 0 aliphatic heterocycles. The highest BCUT2D eigenvalue weighted by Gasteiger charge is 2.22. The van der Waals surface area contributed by atoms with Gasteiger partial charge in [0.15, 0.2) is 0 Å². The highest BCUT2D eigenvalue weighted by Crippen LogP contribution is 2.32. The Hall–Kier alpha value is -0.500. The standard InChI is InChI=1S/C11H14BrN/c1-7-5-8(2)11(10(12)6-7)13-9-3-4-9/h5-6,9,13H,3-4H2,1-2H3. The van der Waals surface area contributed by atoms with Crippen molar-refractivity contribution in [2.45, 2.75) is 32.7 Å². The normalized spacial score (nSPS) is 15.9. The van der Waals surface area contributed by atoms with E-state index in [0.717, 1.165) is 6.04 Å². The van der Waals surface area contributed by atoms with Crippen LogP contribution in [0.2, 0.25) is 0 Å². The minimum atomic E-state index is 0.720. The van der Waals surface area contributed by atoms with E-state index < -0.39 is 0 Å². The van der Waals surface area contributed by atoms with Crippen LogP contribution in [-0.2, 0) is 0 Å². The molecule has 0 amide bonds. The largest absolute Gasteiger partial charge is 0.381 e. The van der Waals surface area contributed by atoms with Crippen molar-refractivity contribution in [1.29, 1.82) is 0 Å². The summed E-state index contributed by atoms with van der Waals surface area (Å²) in [5.74, 6) is 0. The molecule has 1 aliphatic carbocycles. The molecule has 0 unspecified atom stereocenters. The van der Waals surface area contributed by atoms with E-state index in [2.05, 4.69) is 47.2 Å². The third-order valence-electron chi connectivity index (χ3n) is 2.36. The molecule has 13 heavy (non-hydrogen) atoms. The smallest absolute Gasteiger partial charge is 0.0516 e. The van der Waals surface area contributed by atoms with Crippen LogP contribution < -0.4 is 5.32 Å². The van der Waals surface area contributed by atoms with Crippen molar-refractivity contribution < 1.29 is 0 Å². The summed E-state index contributed by atoms with van der Waals surface area (Å²) in [6.45, 7) is 4.28. The fourth-order valence-corrected chi connectivity index (χ4v) is 2.32. The first-order valence-electron chi connectivity index (χ1n) is 4.70. The topological polar surface area (TPSA) is 12.0 Å². The van der Waals surface area contributed by atoms with Gasteiger partial charge >= 0.3 is 0 Å². The van der Waals surface area contributed by atoms with Gasteiger partial charge in [0.05, 0.1) is 5.69 Å². The molecule has 2 rings (SSSR count). The first-order chi connectivity index (χ1) is 6.16. The molecule has 0 spiro atoms. The van der Waals surface area contributed by atoms with Crippen LogP contribution in [-0.4, -0.2) is 6.04 Å². The molecular weight excluding hydrogens is 226 g/mol. The highest BCUT2D eigenvalue weighted by molar-refractivity contribution is 9.10. The predicted molar refractivity (Wildman–Crippen MR) is 60.3 cm³/mol. The van der Waals surface area contributed by atoms with E-state index in [-0.39, 0.29) is 0 Å². The Kier molecular flexibility index (Phi) is 2.33. The summed E-state index contributed by atoms with van der Waals surface area (Å²) in [4.78, 5) is 0. The van der Waals surface area contributed by atoms with Gasteiger partial charge < -0.3 is 5.32 Å². The molecule has 0 bridgehead atoms. The average molecular weight is 240 g/mol. The van der Waals surface area contributed by atoms with Gasteiger partial charge in [0, 0.05) is 10.5 Å². The van der Waals surface area contributed by atoms with Gasteiger partial charge in [-0.15, -0.1) is 0 Å². The van der Waals surface area contributed by atoms with E-state index in [4.69, 9.17) is 0 Å². The molecule has 1 aromatic rings. The molecule has 0 radical (unpaired) electrons. The Morgan fingerprint density at radius 3 is 2.54 bits per heavy atom. The maximum Gasteiger partial charge on any atom is 0.0516 e. The molecule has 0 heterocycles. The van der Waals surface area contributed by atoms with Crippen molar-refractivity contribution in [1.82, 2.24) is 0 Å². The SMILES string of the molecule is Cc1cc(C)c(NC2CC2)c(Br)c1. The van der Waals surface area contributed by atoms with E-state index in [1.54, 1.807) is 0 Å². The second-order valence-corrected chi connectivity index (χ2v) is 4.71. The number of nitrogens with one attached hydrogen (secondary N) is 1. The fourth-order valence-electron chi connectivity index (χ4n) is 1.53. The summed E-state index contributed by atoms with van der Waals surface area (Å²) in [5, 5.41) is 3.53. The van der Waals surface area contributed by atoms with Crippen LogP contribution >= 0.6 is 15.9 Å². The number of anilines is 1. The molecule has 1 N–H and O–H groups in total. The summed E-state index contributed by atoms with van der Waals surface area (Å²) in [7, 11) is 0. The van der Waals surface area contributed by atoms with E-state index in [9.17, 15) is 0 Å². The first kappa shape index (κ1) is 9.07. The van der Waals surface area contributed by atoms with Crippen LogP contribution in [0.25, 0.3) is 0 Å². The van der Waals surface area contributed by atoms with Crippen molar-refractivity contribution in [3.63, 3.8) is 0 Å². The summed E-state index contributed by atoms with van der Waals surface area (Å²) in [6, 6.07) is 5.10. The Morgan fingerprint density at radius 2 is 2.00 bits per heavy atom. The summed E-state index contributed by atoms with van der Waals surface area (Å²) in [5.41, 5.74) is 3.91. The van der Waals surface area contributed by atoms with Gasteiger partial charge in [-0.2, -0.15) is 0 Å². The van der Waals surface area contributed by atoms with Crippen LogP contribution in [0.4, 0.5) is 5.69 Å². The van der Waals surface area contributed by atoms with Gasteiger partial charge in [-0.1, -0.05) is 6.07 Å².